The van der Waals surface area contributed by atoms with Crippen molar-refractivity contribution in [3.63, 3.8) is 0 Å². The lowest BCUT2D eigenvalue weighted by atomic mass is 10.8. The fourth-order valence-corrected chi connectivity index (χ4v) is 0.676. The summed E-state index contributed by atoms with van der Waals surface area (Å²) in [6, 6.07) is 0.122. The van der Waals surface area contributed by atoms with E-state index >= 15 is 0 Å². The Labute approximate surface area is 80.1 Å². The van der Waals surface area contributed by atoms with Crippen molar-refractivity contribution in [2.75, 3.05) is 20.8 Å². The number of hydrogen-bond acceptors (Lipinski definition) is 7. The van der Waals surface area contributed by atoms with E-state index in [2.05, 4.69) is 15.0 Å². The number of ether oxygens (including phenoxy) is 3. The van der Waals surface area contributed by atoms with Gasteiger partial charge in [-0.1, -0.05) is 0 Å². The predicted octanol–water partition coefficient (Wildman–Crippen LogP) is -0.534. The van der Waals surface area contributed by atoms with E-state index < -0.39 is 0 Å². The molecule has 0 radical (unpaired) electrons. The fourth-order valence-electron chi connectivity index (χ4n) is 0.676. The Bertz CT molecular complexity index is 296. The number of aldehydes is 1. The lowest BCUT2D eigenvalue weighted by Crippen LogP contribution is -2.05. The van der Waals surface area contributed by atoms with Gasteiger partial charge in [0.05, 0.1) is 14.2 Å². The van der Waals surface area contributed by atoms with E-state index in [0.717, 1.165) is 0 Å². The molecule has 0 aliphatic heterocycles. The number of nitrogens with zero attached hydrogens (tertiary/aromatic N) is 3. The number of rotatable bonds is 5. The molecule has 1 rings (SSSR count). The van der Waals surface area contributed by atoms with Crippen LogP contribution in [-0.4, -0.2) is 42.1 Å². The highest BCUT2D eigenvalue weighted by Gasteiger charge is 2.07. The number of carbonyl (C=O) groups excluding carboxylic acids is 1. The van der Waals surface area contributed by atoms with Gasteiger partial charge in [-0.2, -0.15) is 0 Å². The topological polar surface area (TPSA) is 83.4 Å². The summed E-state index contributed by atoms with van der Waals surface area (Å²) in [6.07, 6.45) is 0.586. The normalized spacial score (nSPS) is 9.29. The van der Waals surface area contributed by atoms with Gasteiger partial charge >= 0.3 is 18.0 Å². The molecule has 0 saturated carbocycles. The molecule has 0 spiro atoms. The van der Waals surface area contributed by atoms with Gasteiger partial charge in [0, 0.05) is 0 Å². The van der Waals surface area contributed by atoms with Gasteiger partial charge in [0.15, 0.2) is 6.29 Å². The molecule has 0 aromatic carbocycles. The van der Waals surface area contributed by atoms with Crippen molar-refractivity contribution in [1.82, 2.24) is 15.0 Å². The Kier molecular flexibility index (Phi) is 3.59. The van der Waals surface area contributed by atoms with Crippen LogP contribution in [0.15, 0.2) is 0 Å². The second-order valence-corrected chi connectivity index (χ2v) is 2.07. The molecule has 0 N–H and O–H groups in total. The van der Waals surface area contributed by atoms with Gasteiger partial charge < -0.3 is 14.2 Å². The zero-order valence-corrected chi connectivity index (χ0v) is 7.76. The molecule has 0 unspecified atom stereocenters. The van der Waals surface area contributed by atoms with Crippen LogP contribution in [-0.2, 0) is 4.79 Å². The molecule has 0 aliphatic rings. The van der Waals surface area contributed by atoms with Gasteiger partial charge in [-0.3, -0.25) is 4.79 Å². The van der Waals surface area contributed by atoms with Gasteiger partial charge in [0.25, 0.3) is 0 Å². The minimum atomic E-state index is -0.129. The third kappa shape index (κ3) is 2.54. The van der Waals surface area contributed by atoms with Crippen LogP contribution in [0.5, 0.6) is 18.0 Å². The van der Waals surface area contributed by atoms with Gasteiger partial charge in [0.2, 0.25) is 0 Å². The average molecular weight is 199 g/mol. The van der Waals surface area contributed by atoms with Crippen LogP contribution in [0.1, 0.15) is 0 Å². The summed E-state index contributed by atoms with van der Waals surface area (Å²) in [5, 5.41) is 0. The first kappa shape index (κ1) is 10.2. The molecule has 1 heterocycles. The summed E-state index contributed by atoms with van der Waals surface area (Å²) < 4.78 is 14.4. The number of aromatic nitrogens is 3. The van der Waals surface area contributed by atoms with E-state index in [1.165, 1.54) is 14.2 Å². The molecule has 14 heavy (non-hydrogen) atoms. The standard InChI is InChI=1S/C7H9N3O4/c1-12-5-8-6(13-2)10-7(9-5)14-4-3-11/h3H,4H2,1-2H3. The molecule has 0 atom stereocenters. The Morgan fingerprint density at radius 1 is 1.07 bits per heavy atom. The average Bonchev–Trinajstić information content (AvgIpc) is 2.25. The third-order valence-electron chi connectivity index (χ3n) is 1.22. The summed E-state index contributed by atoms with van der Waals surface area (Å²) >= 11 is 0. The summed E-state index contributed by atoms with van der Waals surface area (Å²) in [5.74, 6) is 0. The van der Waals surface area contributed by atoms with E-state index in [1.54, 1.807) is 0 Å². The smallest absolute Gasteiger partial charge is 0.326 e. The summed E-state index contributed by atoms with van der Waals surface area (Å²) in [6.45, 7) is -0.129. The molecular weight excluding hydrogens is 190 g/mol. The van der Waals surface area contributed by atoms with E-state index in [0.29, 0.717) is 6.29 Å². The van der Waals surface area contributed by atoms with E-state index in [1.807, 2.05) is 0 Å². The van der Waals surface area contributed by atoms with Crippen LogP contribution in [0.25, 0.3) is 0 Å². The van der Waals surface area contributed by atoms with Crippen molar-refractivity contribution in [3.05, 3.63) is 0 Å². The molecule has 0 saturated heterocycles. The van der Waals surface area contributed by atoms with Gasteiger partial charge in [-0.05, 0) is 0 Å². The zero-order chi connectivity index (χ0) is 10.4. The molecule has 0 bridgehead atoms. The highest BCUT2D eigenvalue weighted by Crippen LogP contribution is 2.13. The van der Waals surface area contributed by atoms with Crippen molar-refractivity contribution < 1.29 is 19.0 Å². The van der Waals surface area contributed by atoms with Crippen LogP contribution >= 0.6 is 0 Å². The summed E-state index contributed by atoms with van der Waals surface area (Å²) in [7, 11) is 2.80. The first-order valence-electron chi connectivity index (χ1n) is 3.70. The number of hydrogen-bond donors (Lipinski definition) is 0. The monoisotopic (exact) mass is 199 g/mol. The molecular formula is C7H9N3O4. The quantitative estimate of drug-likeness (QED) is 0.589. The fraction of sp³-hybridized carbons (Fsp3) is 0.429. The predicted molar refractivity (Wildman–Crippen MR) is 44.5 cm³/mol. The minimum Gasteiger partial charge on any atom is -0.467 e. The first-order chi connectivity index (χ1) is 6.80. The second-order valence-electron chi connectivity index (χ2n) is 2.07. The van der Waals surface area contributed by atoms with Crippen LogP contribution in [0.3, 0.4) is 0 Å². The third-order valence-corrected chi connectivity index (χ3v) is 1.22. The highest BCUT2D eigenvalue weighted by atomic mass is 16.5. The Hall–Kier alpha value is -1.92. The van der Waals surface area contributed by atoms with E-state index in [9.17, 15) is 4.79 Å². The molecule has 1 aromatic heterocycles. The van der Waals surface area contributed by atoms with E-state index in [-0.39, 0.29) is 24.6 Å². The molecule has 1 aromatic rings. The Balaban J connectivity index is 2.86. The maximum absolute atomic E-state index is 10.0. The number of methoxy groups -OCH3 is 2. The maximum Gasteiger partial charge on any atom is 0.326 e. The molecule has 0 aliphatic carbocycles. The zero-order valence-electron chi connectivity index (χ0n) is 7.76. The number of carbonyl (C=O) groups is 1. The van der Waals surface area contributed by atoms with Gasteiger partial charge in [-0.25, -0.2) is 0 Å². The highest BCUT2D eigenvalue weighted by molar-refractivity contribution is 5.51. The van der Waals surface area contributed by atoms with E-state index in [4.69, 9.17) is 14.2 Å². The largest absolute Gasteiger partial charge is 0.467 e. The van der Waals surface area contributed by atoms with Crippen molar-refractivity contribution in [3.8, 4) is 18.0 Å². The van der Waals surface area contributed by atoms with Crippen molar-refractivity contribution >= 4 is 6.29 Å². The molecule has 7 heteroatoms. The van der Waals surface area contributed by atoms with Crippen LogP contribution in [0.4, 0.5) is 0 Å². The van der Waals surface area contributed by atoms with Crippen LogP contribution in [0, 0.1) is 0 Å². The summed E-state index contributed by atoms with van der Waals surface area (Å²) in [5.41, 5.74) is 0. The lowest BCUT2D eigenvalue weighted by molar-refractivity contribution is -0.109. The van der Waals surface area contributed by atoms with Crippen molar-refractivity contribution in [2.45, 2.75) is 0 Å². The van der Waals surface area contributed by atoms with Crippen molar-refractivity contribution in [2.24, 2.45) is 0 Å². The van der Waals surface area contributed by atoms with Crippen LogP contribution in [0.2, 0.25) is 0 Å². The lowest BCUT2D eigenvalue weighted by Gasteiger charge is -2.03. The van der Waals surface area contributed by atoms with Crippen LogP contribution < -0.4 is 14.2 Å². The first-order valence-corrected chi connectivity index (χ1v) is 3.70. The molecule has 76 valence electrons. The molecule has 0 fully saturated rings. The Morgan fingerprint density at radius 3 is 2.00 bits per heavy atom. The van der Waals surface area contributed by atoms with Crippen molar-refractivity contribution in [1.29, 1.82) is 0 Å². The van der Waals surface area contributed by atoms with Gasteiger partial charge in [-0.15, -0.1) is 15.0 Å². The SMILES string of the molecule is COc1nc(OC)nc(OCC=O)n1. The molecule has 0 amide bonds. The van der Waals surface area contributed by atoms with Gasteiger partial charge in [0.1, 0.15) is 6.61 Å². The Morgan fingerprint density at radius 2 is 1.57 bits per heavy atom. The maximum atomic E-state index is 10.0. The minimum absolute atomic E-state index is 0.0131. The summed E-state index contributed by atoms with van der Waals surface area (Å²) in [4.78, 5) is 21.2. The molecule has 7 nitrogen and oxygen atoms in total. The second kappa shape index (κ2) is 4.95.